The predicted octanol–water partition coefficient (Wildman–Crippen LogP) is 3.96. The van der Waals surface area contributed by atoms with Crippen molar-refractivity contribution in [2.45, 2.75) is 6.61 Å². The minimum atomic E-state index is -0.487. The lowest BCUT2D eigenvalue weighted by molar-refractivity contribution is 0.0467. The molecule has 0 unspecified atom stereocenters. The Hall–Kier alpha value is -3.26. The van der Waals surface area contributed by atoms with E-state index in [1.54, 1.807) is 19.2 Å². The number of ether oxygens (including phenoxy) is 5. The molecule has 2 aromatic carbocycles. The van der Waals surface area contributed by atoms with Gasteiger partial charge in [-0.2, -0.15) is 0 Å². The summed E-state index contributed by atoms with van der Waals surface area (Å²) >= 11 is 1.49. The predicted molar refractivity (Wildman–Crippen MR) is 107 cm³/mol. The summed E-state index contributed by atoms with van der Waals surface area (Å²) in [6, 6.07) is 10.8. The van der Waals surface area contributed by atoms with Crippen molar-refractivity contribution in [2.75, 3.05) is 27.4 Å². The summed E-state index contributed by atoms with van der Waals surface area (Å²) in [6.07, 6.45) is 0. The normalized spacial score (nSPS) is 12.3. The second-order valence-corrected chi connectivity index (χ2v) is 7.01. The molecule has 1 aromatic heterocycles. The van der Waals surface area contributed by atoms with Gasteiger partial charge < -0.3 is 23.7 Å². The SMILES string of the molecule is COc1ccc(-c2nc(COC(=O)c3cc(OC)c4c(c3)OCCO4)cs2)cc1. The number of rotatable bonds is 6. The Morgan fingerprint density at radius 1 is 1.10 bits per heavy atom. The van der Waals surface area contributed by atoms with E-state index in [9.17, 15) is 4.79 Å². The van der Waals surface area contributed by atoms with Gasteiger partial charge in [0.2, 0.25) is 5.75 Å². The van der Waals surface area contributed by atoms with Crippen molar-refractivity contribution < 1.29 is 28.5 Å². The number of carbonyl (C=O) groups is 1. The van der Waals surface area contributed by atoms with Crippen molar-refractivity contribution in [3.8, 4) is 33.6 Å². The summed E-state index contributed by atoms with van der Waals surface area (Å²) in [7, 11) is 3.14. The van der Waals surface area contributed by atoms with E-state index in [1.807, 2.05) is 29.6 Å². The Labute approximate surface area is 171 Å². The molecule has 0 saturated heterocycles. The highest BCUT2D eigenvalue weighted by atomic mass is 32.1. The summed E-state index contributed by atoms with van der Waals surface area (Å²) in [4.78, 5) is 17.0. The summed E-state index contributed by atoms with van der Waals surface area (Å²) < 4.78 is 27.0. The maximum atomic E-state index is 12.5. The molecular weight excluding hydrogens is 394 g/mol. The van der Waals surface area contributed by atoms with E-state index in [2.05, 4.69) is 4.98 Å². The van der Waals surface area contributed by atoms with Crippen LogP contribution in [0.25, 0.3) is 10.6 Å². The molecule has 3 aromatic rings. The van der Waals surface area contributed by atoms with Gasteiger partial charge in [-0.1, -0.05) is 0 Å². The van der Waals surface area contributed by atoms with Gasteiger partial charge >= 0.3 is 5.97 Å². The highest BCUT2D eigenvalue weighted by molar-refractivity contribution is 7.13. The zero-order chi connectivity index (χ0) is 20.2. The second kappa shape index (κ2) is 8.40. The number of methoxy groups -OCH3 is 2. The Kier molecular flexibility index (Phi) is 5.53. The van der Waals surface area contributed by atoms with Gasteiger partial charge in [0.1, 0.15) is 30.6 Å². The van der Waals surface area contributed by atoms with Gasteiger partial charge in [-0.3, -0.25) is 0 Å². The zero-order valence-electron chi connectivity index (χ0n) is 16.0. The van der Waals surface area contributed by atoms with E-state index < -0.39 is 5.97 Å². The molecule has 8 heteroatoms. The minimum absolute atomic E-state index is 0.0717. The first-order valence-corrected chi connectivity index (χ1v) is 9.79. The third-order valence-corrected chi connectivity index (χ3v) is 5.24. The van der Waals surface area contributed by atoms with E-state index in [1.165, 1.54) is 18.4 Å². The van der Waals surface area contributed by atoms with Crippen LogP contribution >= 0.6 is 11.3 Å². The molecule has 150 valence electrons. The monoisotopic (exact) mass is 413 g/mol. The molecule has 1 aliphatic rings. The van der Waals surface area contributed by atoms with Crippen LogP contribution < -0.4 is 18.9 Å². The molecule has 0 radical (unpaired) electrons. The lowest BCUT2D eigenvalue weighted by Gasteiger charge is -2.21. The molecule has 0 fully saturated rings. The van der Waals surface area contributed by atoms with Crippen LogP contribution in [0.4, 0.5) is 0 Å². The number of hydrogen-bond donors (Lipinski definition) is 0. The van der Waals surface area contributed by atoms with Crippen LogP contribution in [0.2, 0.25) is 0 Å². The maximum absolute atomic E-state index is 12.5. The third-order valence-electron chi connectivity index (χ3n) is 4.30. The highest BCUT2D eigenvalue weighted by Gasteiger charge is 2.21. The first-order valence-electron chi connectivity index (χ1n) is 8.91. The highest BCUT2D eigenvalue weighted by Crippen LogP contribution is 2.40. The molecule has 4 rings (SSSR count). The molecule has 29 heavy (non-hydrogen) atoms. The van der Waals surface area contributed by atoms with Crippen LogP contribution in [0.5, 0.6) is 23.0 Å². The van der Waals surface area contributed by atoms with Crippen LogP contribution in [-0.2, 0) is 11.3 Å². The topological polar surface area (TPSA) is 76.1 Å². The van der Waals surface area contributed by atoms with Gasteiger partial charge in [0.05, 0.1) is 25.5 Å². The average Bonchev–Trinajstić information content (AvgIpc) is 3.25. The lowest BCUT2D eigenvalue weighted by Crippen LogP contribution is -2.17. The summed E-state index contributed by atoms with van der Waals surface area (Å²) in [5, 5.41) is 2.72. The number of carbonyl (C=O) groups excluding carboxylic acids is 1. The lowest BCUT2D eigenvalue weighted by atomic mass is 10.1. The number of fused-ring (bicyclic) bond motifs is 1. The van der Waals surface area contributed by atoms with Crippen LogP contribution in [0.1, 0.15) is 16.1 Å². The Morgan fingerprint density at radius 2 is 1.90 bits per heavy atom. The summed E-state index contributed by atoms with van der Waals surface area (Å²) in [5.74, 6) is 1.70. The second-order valence-electron chi connectivity index (χ2n) is 6.15. The molecule has 0 aliphatic carbocycles. The van der Waals surface area contributed by atoms with E-state index in [-0.39, 0.29) is 6.61 Å². The van der Waals surface area contributed by atoms with Gasteiger partial charge in [0, 0.05) is 10.9 Å². The quantitative estimate of drug-likeness (QED) is 0.566. The van der Waals surface area contributed by atoms with Gasteiger partial charge in [-0.25, -0.2) is 9.78 Å². The number of esters is 1. The number of nitrogens with zero attached hydrogens (tertiary/aromatic N) is 1. The smallest absolute Gasteiger partial charge is 0.338 e. The minimum Gasteiger partial charge on any atom is -0.497 e. The fourth-order valence-electron chi connectivity index (χ4n) is 2.85. The first-order chi connectivity index (χ1) is 14.2. The number of thiazole rings is 1. The van der Waals surface area contributed by atoms with Crippen LogP contribution in [-0.4, -0.2) is 38.4 Å². The van der Waals surface area contributed by atoms with E-state index in [0.717, 1.165) is 16.3 Å². The molecule has 0 saturated carbocycles. The Morgan fingerprint density at radius 3 is 2.66 bits per heavy atom. The summed E-state index contributed by atoms with van der Waals surface area (Å²) in [6.45, 7) is 0.928. The van der Waals surface area contributed by atoms with Crippen molar-refractivity contribution in [3.05, 3.63) is 53.0 Å². The van der Waals surface area contributed by atoms with Crippen molar-refractivity contribution in [1.82, 2.24) is 4.98 Å². The van der Waals surface area contributed by atoms with Crippen molar-refractivity contribution in [2.24, 2.45) is 0 Å². The number of hydrogen-bond acceptors (Lipinski definition) is 8. The number of aromatic nitrogens is 1. The molecule has 7 nitrogen and oxygen atoms in total. The molecule has 0 spiro atoms. The third kappa shape index (κ3) is 4.12. The standard InChI is InChI=1S/C21H19NO6S/c1-24-16-5-3-13(4-6-16)20-22-15(12-29-20)11-28-21(23)14-9-17(25-2)19-18(10-14)26-7-8-27-19/h3-6,9-10,12H,7-8,11H2,1-2H3. The fourth-order valence-corrected chi connectivity index (χ4v) is 3.66. The molecule has 2 heterocycles. The van der Waals surface area contributed by atoms with Crippen LogP contribution in [0.15, 0.2) is 41.8 Å². The van der Waals surface area contributed by atoms with Gasteiger partial charge in [-0.05, 0) is 36.4 Å². The van der Waals surface area contributed by atoms with E-state index in [4.69, 9.17) is 23.7 Å². The van der Waals surface area contributed by atoms with Gasteiger partial charge in [-0.15, -0.1) is 11.3 Å². The van der Waals surface area contributed by atoms with Crippen molar-refractivity contribution >= 4 is 17.3 Å². The first kappa shape index (κ1) is 19.1. The van der Waals surface area contributed by atoms with Gasteiger partial charge in [0.25, 0.3) is 0 Å². The molecular formula is C21H19NO6S. The Balaban J connectivity index is 1.44. The molecule has 1 aliphatic heterocycles. The van der Waals surface area contributed by atoms with Crippen molar-refractivity contribution in [1.29, 1.82) is 0 Å². The fraction of sp³-hybridized carbons (Fsp3) is 0.238. The molecule has 0 bridgehead atoms. The molecule has 0 amide bonds. The van der Waals surface area contributed by atoms with Crippen molar-refractivity contribution in [3.63, 3.8) is 0 Å². The van der Waals surface area contributed by atoms with Gasteiger partial charge in [0.15, 0.2) is 11.5 Å². The summed E-state index contributed by atoms with van der Waals surface area (Å²) in [5.41, 5.74) is 1.99. The van der Waals surface area contributed by atoms with E-state index in [0.29, 0.717) is 41.7 Å². The number of benzene rings is 2. The molecule has 0 atom stereocenters. The maximum Gasteiger partial charge on any atom is 0.338 e. The molecule has 0 N–H and O–H groups in total. The Bertz CT molecular complexity index is 997. The van der Waals surface area contributed by atoms with Crippen LogP contribution in [0.3, 0.4) is 0 Å². The average molecular weight is 413 g/mol. The van der Waals surface area contributed by atoms with Crippen LogP contribution in [0, 0.1) is 0 Å². The van der Waals surface area contributed by atoms with E-state index >= 15 is 0 Å². The largest absolute Gasteiger partial charge is 0.497 e. The zero-order valence-corrected chi connectivity index (χ0v) is 16.8.